The Balaban J connectivity index is 2.42. The molecule has 0 saturated heterocycles. The number of alkyl halides is 1. The molecule has 3 nitrogen and oxygen atoms in total. The summed E-state index contributed by atoms with van der Waals surface area (Å²) in [7, 11) is 3.65. The minimum atomic E-state index is -0.293. The van der Waals surface area contributed by atoms with Gasteiger partial charge in [-0.15, -0.1) is 0 Å². The second-order valence-electron chi connectivity index (χ2n) is 3.76. The Bertz CT molecular complexity index is 325. The molecule has 0 bridgehead atoms. The van der Waals surface area contributed by atoms with Gasteiger partial charge in [0, 0.05) is 26.4 Å². The number of rotatable bonds is 6. The Morgan fingerprint density at radius 3 is 2.94 bits per heavy atom. The number of halogens is 2. The standard InChI is InChI=1S/C11H16BrFN2O/c1-15(7-10(12)8-16-2)6-9-3-11(13)5-14-4-9/h3-5,10H,6-8H2,1-2H3. The molecule has 0 radical (unpaired) electrons. The lowest BCUT2D eigenvalue weighted by molar-refractivity contribution is 0.185. The van der Waals surface area contributed by atoms with Gasteiger partial charge in [0.05, 0.1) is 17.6 Å². The van der Waals surface area contributed by atoms with Crippen LogP contribution in [0.5, 0.6) is 0 Å². The van der Waals surface area contributed by atoms with Gasteiger partial charge in [-0.05, 0) is 18.7 Å². The summed E-state index contributed by atoms with van der Waals surface area (Å²) in [6.07, 6.45) is 2.89. The van der Waals surface area contributed by atoms with Crippen LogP contribution in [-0.2, 0) is 11.3 Å². The van der Waals surface area contributed by atoms with Crippen LogP contribution in [0.2, 0.25) is 0 Å². The van der Waals surface area contributed by atoms with Crippen molar-refractivity contribution in [1.29, 1.82) is 0 Å². The smallest absolute Gasteiger partial charge is 0.141 e. The maximum atomic E-state index is 12.9. The number of ether oxygens (including phenoxy) is 1. The van der Waals surface area contributed by atoms with E-state index in [0.29, 0.717) is 13.2 Å². The zero-order valence-corrected chi connectivity index (χ0v) is 11.1. The summed E-state index contributed by atoms with van der Waals surface area (Å²) in [6, 6.07) is 1.50. The highest BCUT2D eigenvalue weighted by Crippen LogP contribution is 2.07. The first kappa shape index (κ1) is 13.5. The molecule has 0 fully saturated rings. The van der Waals surface area contributed by atoms with Crippen LogP contribution in [-0.4, -0.2) is 42.0 Å². The van der Waals surface area contributed by atoms with Crippen LogP contribution in [0, 0.1) is 5.82 Å². The Morgan fingerprint density at radius 1 is 1.56 bits per heavy atom. The van der Waals surface area contributed by atoms with Crippen molar-refractivity contribution in [3.05, 3.63) is 29.8 Å². The molecular weight excluding hydrogens is 275 g/mol. The molecule has 1 unspecified atom stereocenters. The molecule has 0 N–H and O–H groups in total. The Morgan fingerprint density at radius 2 is 2.31 bits per heavy atom. The Kier molecular flexibility index (Phi) is 5.87. The molecule has 1 aromatic rings. The Hall–Kier alpha value is -0.520. The first-order valence-corrected chi connectivity index (χ1v) is 5.94. The number of methoxy groups -OCH3 is 1. The molecule has 1 aromatic heterocycles. The highest BCUT2D eigenvalue weighted by Gasteiger charge is 2.08. The molecule has 0 spiro atoms. The van der Waals surface area contributed by atoms with Crippen LogP contribution in [0.1, 0.15) is 5.56 Å². The minimum Gasteiger partial charge on any atom is -0.383 e. The quantitative estimate of drug-likeness (QED) is 0.750. The number of aromatic nitrogens is 1. The van der Waals surface area contributed by atoms with Crippen LogP contribution in [0.15, 0.2) is 18.5 Å². The van der Waals surface area contributed by atoms with Gasteiger partial charge in [0.15, 0.2) is 0 Å². The van der Waals surface area contributed by atoms with E-state index in [-0.39, 0.29) is 10.6 Å². The lowest BCUT2D eigenvalue weighted by atomic mass is 10.2. The van der Waals surface area contributed by atoms with Gasteiger partial charge in [0.25, 0.3) is 0 Å². The van der Waals surface area contributed by atoms with Gasteiger partial charge in [-0.25, -0.2) is 4.39 Å². The summed E-state index contributed by atoms with van der Waals surface area (Å²) < 4.78 is 17.9. The van der Waals surface area contributed by atoms with Crippen LogP contribution in [0.4, 0.5) is 4.39 Å². The molecule has 90 valence electrons. The van der Waals surface area contributed by atoms with Gasteiger partial charge < -0.3 is 9.64 Å². The zero-order valence-electron chi connectivity index (χ0n) is 9.49. The molecule has 0 aliphatic carbocycles. The first-order valence-electron chi connectivity index (χ1n) is 5.02. The molecule has 0 aliphatic heterocycles. The molecule has 5 heteroatoms. The third-order valence-electron chi connectivity index (χ3n) is 2.07. The maximum absolute atomic E-state index is 12.9. The third kappa shape index (κ3) is 5.01. The van der Waals surface area contributed by atoms with Gasteiger partial charge in [-0.3, -0.25) is 4.98 Å². The van der Waals surface area contributed by atoms with Crippen LogP contribution in [0.3, 0.4) is 0 Å². The van der Waals surface area contributed by atoms with Crippen LogP contribution >= 0.6 is 15.9 Å². The number of hydrogen-bond acceptors (Lipinski definition) is 3. The van der Waals surface area contributed by atoms with Crippen molar-refractivity contribution in [3.63, 3.8) is 0 Å². The largest absolute Gasteiger partial charge is 0.383 e. The molecule has 0 aromatic carbocycles. The molecule has 0 amide bonds. The average Bonchev–Trinajstić information content (AvgIpc) is 2.17. The lowest BCUT2D eigenvalue weighted by Gasteiger charge is -2.19. The van der Waals surface area contributed by atoms with Gasteiger partial charge in [-0.2, -0.15) is 0 Å². The summed E-state index contributed by atoms with van der Waals surface area (Å²) in [6.45, 7) is 2.17. The molecule has 0 saturated carbocycles. The van der Waals surface area contributed by atoms with Crippen molar-refractivity contribution in [3.8, 4) is 0 Å². The van der Waals surface area contributed by atoms with Gasteiger partial charge in [0.2, 0.25) is 0 Å². The van der Waals surface area contributed by atoms with Crippen LogP contribution < -0.4 is 0 Å². The summed E-state index contributed by atoms with van der Waals surface area (Å²) in [5.41, 5.74) is 0.875. The highest BCUT2D eigenvalue weighted by atomic mass is 79.9. The number of pyridine rings is 1. The van der Waals surface area contributed by atoms with E-state index < -0.39 is 0 Å². The van der Waals surface area contributed by atoms with E-state index in [1.54, 1.807) is 13.3 Å². The fraction of sp³-hybridized carbons (Fsp3) is 0.545. The molecule has 1 heterocycles. The lowest BCUT2D eigenvalue weighted by Crippen LogP contribution is -2.28. The van der Waals surface area contributed by atoms with E-state index in [4.69, 9.17) is 4.74 Å². The van der Waals surface area contributed by atoms with Crippen molar-refractivity contribution < 1.29 is 9.13 Å². The fourth-order valence-electron chi connectivity index (χ4n) is 1.49. The summed E-state index contributed by atoms with van der Waals surface area (Å²) in [5, 5.41) is 0. The topological polar surface area (TPSA) is 25.4 Å². The molecular formula is C11H16BrFN2O. The molecule has 1 rings (SSSR count). The average molecular weight is 291 g/mol. The van der Waals surface area contributed by atoms with E-state index in [9.17, 15) is 4.39 Å². The van der Waals surface area contributed by atoms with Gasteiger partial charge >= 0.3 is 0 Å². The van der Waals surface area contributed by atoms with E-state index in [1.807, 2.05) is 7.05 Å². The van der Waals surface area contributed by atoms with Crippen LogP contribution in [0.25, 0.3) is 0 Å². The van der Waals surface area contributed by atoms with Crippen molar-refractivity contribution >= 4 is 15.9 Å². The van der Waals surface area contributed by atoms with Gasteiger partial charge in [-0.1, -0.05) is 15.9 Å². The monoisotopic (exact) mass is 290 g/mol. The second-order valence-corrected chi connectivity index (χ2v) is 5.06. The minimum absolute atomic E-state index is 0.281. The third-order valence-corrected chi connectivity index (χ3v) is 2.63. The second kappa shape index (κ2) is 6.93. The van der Waals surface area contributed by atoms with Crippen molar-refractivity contribution in [2.45, 2.75) is 11.4 Å². The maximum Gasteiger partial charge on any atom is 0.141 e. The van der Waals surface area contributed by atoms with E-state index in [0.717, 1.165) is 12.1 Å². The summed E-state index contributed by atoms with van der Waals surface area (Å²) in [5.74, 6) is -0.293. The molecule has 0 aliphatic rings. The van der Waals surface area contributed by atoms with Crippen molar-refractivity contribution in [2.75, 3.05) is 27.3 Å². The molecule has 16 heavy (non-hydrogen) atoms. The summed E-state index contributed by atoms with van der Waals surface area (Å²) in [4.78, 5) is 6.19. The highest BCUT2D eigenvalue weighted by molar-refractivity contribution is 9.09. The van der Waals surface area contributed by atoms with E-state index in [2.05, 4.69) is 25.8 Å². The SMILES string of the molecule is COCC(Br)CN(C)Cc1cncc(F)c1. The fourth-order valence-corrected chi connectivity index (χ4v) is 2.25. The molecule has 1 atom stereocenters. The normalized spacial score (nSPS) is 13.1. The first-order chi connectivity index (χ1) is 7.61. The predicted octanol–water partition coefficient (Wildman–Crippen LogP) is 2.06. The van der Waals surface area contributed by atoms with Crippen molar-refractivity contribution in [2.24, 2.45) is 0 Å². The Labute approximate surface area is 104 Å². The van der Waals surface area contributed by atoms with E-state index >= 15 is 0 Å². The zero-order chi connectivity index (χ0) is 12.0. The van der Waals surface area contributed by atoms with E-state index in [1.165, 1.54) is 12.3 Å². The van der Waals surface area contributed by atoms with Gasteiger partial charge in [0.1, 0.15) is 5.82 Å². The number of hydrogen-bond donors (Lipinski definition) is 0. The number of nitrogens with zero attached hydrogens (tertiary/aromatic N) is 2. The summed E-state index contributed by atoms with van der Waals surface area (Å²) >= 11 is 3.51. The van der Waals surface area contributed by atoms with Crippen molar-refractivity contribution in [1.82, 2.24) is 9.88 Å². The predicted molar refractivity (Wildman–Crippen MR) is 65.1 cm³/mol.